The summed E-state index contributed by atoms with van der Waals surface area (Å²) in [5.41, 5.74) is 11.2. The lowest BCUT2D eigenvalue weighted by Gasteiger charge is -2.28. The average molecular weight is 970 g/mol. The molecular formula is C40H63N11O17. The van der Waals surface area contributed by atoms with E-state index in [1.807, 2.05) is 0 Å². The Hall–Kier alpha value is -7.01. The maximum atomic E-state index is 13.2. The number of hydrogen-bond acceptors (Lipinski definition) is 17. The summed E-state index contributed by atoms with van der Waals surface area (Å²) in [5.74, 6) is -12.8. The number of carboxylic acid groups (broad SMARTS) is 1. The number of primary amides is 1. The van der Waals surface area contributed by atoms with Crippen LogP contribution in [0.25, 0.3) is 0 Å². The van der Waals surface area contributed by atoms with Crippen LogP contribution < -0.4 is 59.3 Å². The summed E-state index contributed by atoms with van der Waals surface area (Å²) in [6, 6.07) is -7.37. The van der Waals surface area contributed by atoms with E-state index in [-0.39, 0.29) is 12.2 Å². The Balaban J connectivity index is 2.86. The highest BCUT2D eigenvalue weighted by atomic mass is 16.4. The van der Waals surface area contributed by atoms with Gasteiger partial charge in [-0.1, -0.05) is 32.4 Å². The number of rotatable bonds is 29. The Bertz CT molecular complexity index is 1950. The molecule has 1 rings (SSSR count). The van der Waals surface area contributed by atoms with Gasteiger partial charge in [0.25, 0.3) is 0 Å². The highest BCUT2D eigenvalue weighted by Gasteiger charge is 2.36. The zero-order valence-electron chi connectivity index (χ0n) is 37.9. The topological polar surface area (TPSA) is 469 Å². The van der Waals surface area contributed by atoms with Crippen LogP contribution in [-0.4, -0.2) is 183 Å². The third kappa shape index (κ3) is 20.2. The van der Waals surface area contributed by atoms with E-state index in [2.05, 4.69) is 47.9 Å². The number of aliphatic carboxylic acids is 1. The molecule has 10 amide bonds. The molecule has 1 aromatic rings. The molecule has 1 aromatic carbocycles. The molecule has 0 aromatic heterocycles. The number of benzene rings is 1. The average Bonchev–Trinajstić information content (AvgIpc) is 3.27. The first-order chi connectivity index (χ1) is 31.8. The van der Waals surface area contributed by atoms with Crippen molar-refractivity contribution in [3.8, 4) is 5.75 Å². The second kappa shape index (κ2) is 28.9. The molecule has 0 fully saturated rings. The summed E-state index contributed by atoms with van der Waals surface area (Å²) in [6.07, 6.45) is -4.01. The zero-order chi connectivity index (χ0) is 52.0. The second-order valence-electron chi connectivity index (χ2n) is 15.7. The fourth-order valence-corrected chi connectivity index (χ4v) is 5.73. The van der Waals surface area contributed by atoms with E-state index in [0.717, 1.165) is 13.8 Å². The first-order valence-corrected chi connectivity index (χ1v) is 21.0. The van der Waals surface area contributed by atoms with Crippen LogP contribution in [0.2, 0.25) is 0 Å². The minimum atomic E-state index is -1.92. The number of amides is 10. The number of carbonyl (C=O) groups is 11. The summed E-state index contributed by atoms with van der Waals surface area (Å²) in [7, 11) is 0. The molecule has 380 valence electrons. The Kier molecular flexibility index (Phi) is 25.1. The van der Waals surface area contributed by atoms with Crippen LogP contribution in [0, 0.1) is 5.92 Å². The Morgan fingerprint density at radius 1 is 0.559 bits per heavy atom. The SMILES string of the molecule is CC[C@H](C)[C@H](NC(=O)[C@H](C)N)C(=O)N[C@H](C(=O)N[C@@H](CO)C(=O)NCC(=O)NCC(=O)N[C@@H](CO)C(=O)N[C@H](C(=O)N[C@@H](CC(N)=O)C(=O)N[C@@H](Cc1ccc(O)cc1)C(=O)O)[C@@H](C)O)[C@@H](C)O. The third-order valence-electron chi connectivity index (χ3n) is 9.88. The van der Waals surface area contributed by atoms with Crippen LogP contribution >= 0.6 is 0 Å². The molecule has 68 heavy (non-hydrogen) atoms. The van der Waals surface area contributed by atoms with Gasteiger partial charge in [-0.15, -0.1) is 0 Å². The molecule has 0 aliphatic rings. The lowest BCUT2D eigenvalue weighted by Crippen LogP contribution is -2.62. The third-order valence-corrected chi connectivity index (χ3v) is 9.88. The van der Waals surface area contributed by atoms with Gasteiger partial charge in [0.05, 0.1) is 51.0 Å². The number of phenols is 1. The van der Waals surface area contributed by atoms with Crippen molar-refractivity contribution in [3.63, 3.8) is 0 Å². The molecule has 28 heteroatoms. The van der Waals surface area contributed by atoms with Gasteiger partial charge in [0.15, 0.2) is 0 Å². The van der Waals surface area contributed by atoms with E-state index in [0.29, 0.717) is 12.0 Å². The molecular weight excluding hydrogens is 906 g/mol. The van der Waals surface area contributed by atoms with Crippen molar-refractivity contribution >= 4 is 65.0 Å². The van der Waals surface area contributed by atoms with Crippen LogP contribution in [0.3, 0.4) is 0 Å². The molecule has 0 bridgehead atoms. The van der Waals surface area contributed by atoms with Gasteiger partial charge in [0, 0.05) is 6.42 Å². The normalized spacial score (nSPS) is 15.8. The van der Waals surface area contributed by atoms with Crippen LogP contribution in [0.1, 0.15) is 53.0 Å². The van der Waals surface area contributed by atoms with Crippen molar-refractivity contribution in [2.75, 3.05) is 26.3 Å². The Labute approximate surface area is 389 Å². The van der Waals surface area contributed by atoms with Crippen molar-refractivity contribution < 1.29 is 83.4 Å². The van der Waals surface area contributed by atoms with E-state index in [1.165, 1.54) is 31.2 Å². The molecule has 11 atom stereocenters. The van der Waals surface area contributed by atoms with Gasteiger partial charge in [-0.25, -0.2) is 4.79 Å². The number of aliphatic hydroxyl groups excluding tert-OH is 4. The minimum absolute atomic E-state index is 0.107. The number of nitrogens with one attached hydrogen (secondary N) is 9. The van der Waals surface area contributed by atoms with Crippen LogP contribution in [0.15, 0.2) is 24.3 Å². The van der Waals surface area contributed by atoms with Gasteiger partial charge in [0.2, 0.25) is 59.1 Å². The van der Waals surface area contributed by atoms with Crippen molar-refractivity contribution in [2.45, 2.75) is 114 Å². The lowest BCUT2D eigenvalue weighted by atomic mass is 9.97. The van der Waals surface area contributed by atoms with Crippen LogP contribution in [-0.2, 0) is 59.2 Å². The van der Waals surface area contributed by atoms with Gasteiger partial charge in [-0.3, -0.25) is 47.9 Å². The summed E-state index contributed by atoms with van der Waals surface area (Å²) < 4.78 is 0. The molecule has 0 aliphatic carbocycles. The van der Waals surface area contributed by atoms with Gasteiger partial charge < -0.3 is 90.0 Å². The monoisotopic (exact) mass is 969 g/mol. The molecule has 0 saturated carbocycles. The number of carbonyl (C=O) groups excluding carboxylic acids is 10. The maximum Gasteiger partial charge on any atom is 0.326 e. The standard InChI is InChI=1S/C40H63N11O17/c1-6-17(2)30(49-33(60)18(3)41)37(64)51-32(20(5)55)39(66)48-25(15-52)34(61)44-13-28(58)43-14-29(59)45-26(16-53)36(63)50-31(19(4)54)38(65)46-23(12-27(42)57)35(62)47-24(40(67)68)11-21-7-9-22(56)10-8-21/h7-10,17-20,23-26,30-32,52-56H,6,11-16,41H2,1-5H3,(H2,42,57)(H,43,58)(H,44,61)(H,45,59)(H,46,65)(H,47,62)(H,48,66)(H,49,60)(H,50,63)(H,51,64)(H,67,68)/t17-,18-,19+,20+,23-,24-,25-,26-,30-,31-,32-/m0/s1. The van der Waals surface area contributed by atoms with Crippen LogP contribution in [0.5, 0.6) is 5.75 Å². The van der Waals surface area contributed by atoms with Gasteiger partial charge in [0.1, 0.15) is 48.0 Å². The minimum Gasteiger partial charge on any atom is -0.508 e. The summed E-state index contributed by atoms with van der Waals surface area (Å²) in [4.78, 5) is 139. The molecule has 19 N–H and O–H groups in total. The van der Waals surface area contributed by atoms with E-state index < -0.39 is 164 Å². The Morgan fingerprint density at radius 2 is 1.00 bits per heavy atom. The number of carboxylic acids is 1. The smallest absolute Gasteiger partial charge is 0.326 e. The van der Waals surface area contributed by atoms with E-state index in [1.54, 1.807) is 13.8 Å². The predicted molar refractivity (Wildman–Crippen MR) is 233 cm³/mol. The number of aromatic hydroxyl groups is 1. The fourth-order valence-electron chi connectivity index (χ4n) is 5.73. The molecule has 0 unspecified atom stereocenters. The summed E-state index contributed by atoms with van der Waals surface area (Å²) >= 11 is 0. The molecule has 0 aliphatic heterocycles. The van der Waals surface area contributed by atoms with Crippen molar-refractivity contribution in [1.82, 2.24) is 47.9 Å². The number of aliphatic hydroxyl groups is 4. The van der Waals surface area contributed by atoms with E-state index in [4.69, 9.17) is 11.5 Å². The molecule has 28 nitrogen and oxygen atoms in total. The summed E-state index contributed by atoms with van der Waals surface area (Å²) in [5, 5.41) is 78.9. The zero-order valence-corrected chi connectivity index (χ0v) is 37.9. The molecule has 0 heterocycles. The second-order valence-corrected chi connectivity index (χ2v) is 15.7. The lowest BCUT2D eigenvalue weighted by molar-refractivity contribution is -0.142. The molecule has 0 spiro atoms. The highest BCUT2D eigenvalue weighted by molar-refractivity contribution is 5.98. The molecule has 0 radical (unpaired) electrons. The number of phenolic OH excluding ortho intramolecular Hbond substituents is 1. The van der Waals surface area contributed by atoms with E-state index in [9.17, 15) is 83.4 Å². The number of nitrogens with two attached hydrogens (primary N) is 2. The molecule has 0 saturated heterocycles. The van der Waals surface area contributed by atoms with Gasteiger partial charge in [-0.05, 0) is 44.4 Å². The largest absolute Gasteiger partial charge is 0.508 e. The summed E-state index contributed by atoms with van der Waals surface area (Å²) in [6.45, 7) is 3.13. The first-order valence-electron chi connectivity index (χ1n) is 21.0. The van der Waals surface area contributed by atoms with Crippen LogP contribution in [0.4, 0.5) is 0 Å². The Morgan fingerprint density at radius 3 is 1.47 bits per heavy atom. The van der Waals surface area contributed by atoms with Crippen molar-refractivity contribution in [1.29, 1.82) is 0 Å². The van der Waals surface area contributed by atoms with Gasteiger partial charge in [-0.2, -0.15) is 0 Å². The highest BCUT2D eigenvalue weighted by Crippen LogP contribution is 2.13. The predicted octanol–water partition coefficient (Wildman–Crippen LogP) is -8.34. The van der Waals surface area contributed by atoms with Gasteiger partial charge >= 0.3 is 5.97 Å². The van der Waals surface area contributed by atoms with E-state index >= 15 is 0 Å². The first kappa shape index (κ1) is 59.0. The van der Waals surface area contributed by atoms with Crippen molar-refractivity contribution in [3.05, 3.63) is 29.8 Å². The maximum absolute atomic E-state index is 13.2. The fraction of sp³-hybridized carbons (Fsp3) is 0.575. The van der Waals surface area contributed by atoms with Crippen molar-refractivity contribution in [2.24, 2.45) is 17.4 Å². The quantitative estimate of drug-likeness (QED) is 0.0354. The number of hydrogen-bond donors (Lipinski definition) is 17.